The van der Waals surface area contributed by atoms with Crippen molar-refractivity contribution in [1.82, 2.24) is 0 Å². The predicted octanol–water partition coefficient (Wildman–Crippen LogP) is 1.61. The van der Waals surface area contributed by atoms with E-state index in [0.29, 0.717) is 31.3 Å². The van der Waals surface area contributed by atoms with Crippen molar-refractivity contribution in [2.45, 2.75) is 71.2 Å². The number of hydrogen-bond donors (Lipinski definition) is 3. The number of aliphatic hydroxyl groups excluding tert-OH is 3. The van der Waals surface area contributed by atoms with Gasteiger partial charge in [0.1, 0.15) is 0 Å². The van der Waals surface area contributed by atoms with Gasteiger partial charge in [-0.05, 0) is 54.9 Å². The van der Waals surface area contributed by atoms with Gasteiger partial charge in [0.25, 0.3) is 0 Å². The molecule has 0 saturated heterocycles. The molecule has 0 amide bonds. The maximum Gasteiger partial charge on any atom is 0.302 e. The number of carbonyl (C=O) groups is 2. The van der Waals surface area contributed by atoms with E-state index in [1.807, 2.05) is 0 Å². The fourth-order valence-electron chi connectivity index (χ4n) is 7.55. The van der Waals surface area contributed by atoms with Gasteiger partial charge in [0.05, 0.1) is 30.3 Å². The number of Topliss-reactive ketones (excluding diaryl/α,β-unsaturated/α-hetero) is 1. The van der Waals surface area contributed by atoms with Gasteiger partial charge in [-0.1, -0.05) is 20.4 Å². The minimum absolute atomic E-state index is 0.00781. The summed E-state index contributed by atoms with van der Waals surface area (Å²) in [4.78, 5) is 25.1. The zero-order valence-corrected chi connectivity index (χ0v) is 17.0. The van der Waals surface area contributed by atoms with E-state index < -0.39 is 41.0 Å². The summed E-state index contributed by atoms with van der Waals surface area (Å²) >= 11 is 0. The van der Waals surface area contributed by atoms with E-state index in [9.17, 15) is 24.9 Å². The summed E-state index contributed by atoms with van der Waals surface area (Å²) in [7, 11) is 0. The first-order valence-corrected chi connectivity index (χ1v) is 10.4. The van der Waals surface area contributed by atoms with Crippen LogP contribution in [0.2, 0.25) is 0 Å². The first-order valence-electron chi connectivity index (χ1n) is 10.4. The van der Waals surface area contributed by atoms with Gasteiger partial charge in [-0.2, -0.15) is 0 Å². The topological polar surface area (TPSA) is 104 Å². The normalized spacial score (nSPS) is 49.4. The molecule has 0 unspecified atom stereocenters. The SMILES string of the molecule is C=C1C(=O)[C@@]23[C@H](O)C[C@@H]4C(C)(C)CC[C@H](O)[C@@]4(COC(C)=O)[C@H]2CC[C@@H]1[C@@H]3O. The zero-order chi connectivity index (χ0) is 20.6. The Kier molecular flexibility index (Phi) is 4.39. The van der Waals surface area contributed by atoms with Gasteiger partial charge in [0, 0.05) is 18.3 Å². The van der Waals surface area contributed by atoms with Crippen LogP contribution in [0.15, 0.2) is 12.2 Å². The molecule has 0 aliphatic heterocycles. The average molecular weight is 392 g/mol. The summed E-state index contributed by atoms with van der Waals surface area (Å²) in [6.07, 6.45) is 0.0486. The van der Waals surface area contributed by atoms with E-state index in [4.69, 9.17) is 4.74 Å². The number of aliphatic hydroxyl groups is 3. The van der Waals surface area contributed by atoms with Crippen LogP contribution >= 0.6 is 0 Å². The molecule has 156 valence electrons. The van der Waals surface area contributed by atoms with Crippen LogP contribution in [0.5, 0.6) is 0 Å². The number of hydrogen-bond acceptors (Lipinski definition) is 6. The van der Waals surface area contributed by atoms with Crippen LogP contribution in [0.3, 0.4) is 0 Å². The van der Waals surface area contributed by atoms with Gasteiger partial charge in [-0.25, -0.2) is 0 Å². The van der Waals surface area contributed by atoms with Gasteiger partial charge in [-0.3, -0.25) is 9.59 Å². The molecule has 0 aromatic carbocycles. The van der Waals surface area contributed by atoms with Crippen molar-refractivity contribution in [2.75, 3.05) is 6.61 Å². The second-order valence-electron chi connectivity index (χ2n) is 10.2. The molecule has 28 heavy (non-hydrogen) atoms. The summed E-state index contributed by atoms with van der Waals surface area (Å²) in [5.41, 5.74) is -2.02. The van der Waals surface area contributed by atoms with E-state index in [1.54, 1.807) is 0 Å². The summed E-state index contributed by atoms with van der Waals surface area (Å²) in [5.74, 6) is -1.62. The smallest absolute Gasteiger partial charge is 0.302 e. The molecule has 4 saturated carbocycles. The third-order valence-electron chi connectivity index (χ3n) is 8.81. The minimum atomic E-state index is -1.36. The number of ketones is 1. The van der Waals surface area contributed by atoms with Crippen LogP contribution in [0.1, 0.15) is 52.9 Å². The second-order valence-corrected chi connectivity index (χ2v) is 10.2. The molecular formula is C22H32O6. The van der Waals surface area contributed by atoms with Crippen LogP contribution in [0.25, 0.3) is 0 Å². The standard InChI is InChI=1S/C22H32O6/c1-11-13-5-6-14-21(10-28-12(2)23)15(20(3,4)8-7-16(21)24)9-17(25)22(14,18(11)26)19(13)27/h13-17,19,24-25,27H,1,5-10H2,2-4H3/t13-,14+,15+,16-,17+,19-,21-,22-/m0/s1. The second kappa shape index (κ2) is 6.13. The summed E-state index contributed by atoms with van der Waals surface area (Å²) < 4.78 is 5.49. The van der Waals surface area contributed by atoms with Gasteiger partial charge >= 0.3 is 5.97 Å². The first kappa shape index (κ1) is 20.0. The molecule has 0 aromatic rings. The van der Waals surface area contributed by atoms with Crippen molar-refractivity contribution in [1.29, 1.82) is 0 Å². The van der Waals surface area contributed by atoms with Crippen LogP contribution in [-0.2, 0) is 14.3 Å². The van der Waals surface area contributed by atoms with Crippen molar-refractivity contribution >= 4 is 11.8 Å². The molecule has 4 aliphatic rings. The van der Waals surface area contributed by atoms with Crippen molar-refractivity contribution in [3.8, 4) is 0 Å². The number of ether oxygens (including phenoxy) is 1. The Morgan fingerprint density at radius 1 is 1.14 bits per heavy atom. The lowest BCUT2D eigenvalue weighted by Gasteiger charge is -2.66. The molecule has 0 radical (unpaired) electrons. The fourth-order valence-corrected chi connectivity index (χ4v) is 7.55. The van der Waals surface area contributed by atoms with E-state index in [0.717, 1.165) is 6.42 Å². The number of carbonyl (C=O) groups excluding carboxylic acids is 2. The highest BCUT2D eigenvalue weighted by atomic mass is 16.5. The number of esters is 1. The Morgan fingerprint density at radius 3 is 2.46 bits per heavy atom. The highest BCUT2D eigenvalue weighted by Gasteiger charge is 2.76. The van der Waals surface area contributed by atoms with Crippen LogP contribution < -0.4 is 0 Å². The summed E-state index contributed by atoms with van der Waals surface area (Å²) in [6.45, 7) is 9.52. The third-order valence-corrected chi connectivity index (χ3v) is 8.81. The van der Waals surface area contributed by atoms with Crippen molar-refractivity contribution in [3.63, 3.8) is 0 Å². The van der Waals surface area contributed by atoms with E-state index in [2.05, 4.69) is 20.4 Å². The lowest BCUT2D eigenvalue weighted by molar-refractivity contribution is -0.268. The number of rotatable bonds is 2. The maximum absolute atomic E-state index is 13.4. The Labute approximate surface area is 166 Å². The van der Waals surface area contributed by atoms with Crippen LogP contribution in [0.4, 0.5) is 0 Å². The van der Waals surface area contributed by atoms with Gasteiger partial charge in [0.2, 0.25) is 0 Å². The summed E-state index contributed by atoms with van der Waals surface area (Å²) in [6, 6.07) is 0. The first-order chi connectivity index (χ1) is 13.0. The van der Waals surface area contributed by atoms with Crippen LogP contribution in [-0.4, -0.2) is 52.0 Å². The van der Waals surface area contributed by atoms with Gasteiger partial charge in [-0.15, -0.1) is 0 Å². The molecule has 4 aliphatic carbocycles. The fraction of sp³-hybridized carbons (Fsp3) is 0.818. The molecule has 1 spiro atoms. The lowest BCUT2D eigenvalue weighted by Crippen LogP contribution is -2.72. The van der Waals surface area contributed by atoms with Crippen LogP contribution in [0, 0.1) is 34.0 Å². The molecule has 6 heteroatoms. The van der Waals surface area contributed by atoms with Gasteiger partial charge in [0.15, 0.2) is 5.78 Å². The largest absolute Gasteiger partial charge is 0.465 e. The number of fused-ring (bicyclic) bond motifs is 3. The maximum atomic E-state index is 13.4. The Balaban J connectivity index is 1.92. The molecule has 4 fully saturated rings. The molecule has 4 rings (SSSR count). The Morgan fingerprint density at radius 2 is 1.82 bits per heavy atom. The molecular weight excluding hydrogens is 360 g/mol. The predicted molar refractivity (Wildman–Crippen MR) is 101 cm³/mol. The molecule has 0 aromatic heterocycles. The minimum Gasteiger partial charge on any atom is -0.465 e. The van der Waals surface area contributed by atoms with Crippen molar-refractivity contribution < 1.29 is 29.6 Å². The van der Waals surface area contributed by atoms with Crippen molar-refractivity contribution in [3.05, 3.63) is 12.2 Å². The Hall–Kier alpha value is -1.24. The van der Waals surface area contributed by atoms with Crippen molar-refractivity contribution in [2.24, 2.45) is 34.0 Å². The highest BCUT2D eigenvalue weighted by Crippen LogP contribution is 2.71. The highest BCUT2D eigenvalue weighted by molar-refractivity contribution is 6.04. The average Bonchev–Trinajstić information content (AvgIpc) is 2.73. The monoisotopic (exact) mass is 392 g/mol. The third kappa shape index (κ3) is 2.20. The van der Waals surface area contributed by atoms with E-state index in [1.165, 1.54) is 6.92 Å². The molecule has 8 atom stereocenters. The lowest BCUT2D eigenvalue weighted by atomic mass is 9.38. The zero-order valence-electron chi connectivity index (χ0n) is 17.0. The molecule has 2 bridgehead atoms. The van der Waals surface area contributed by atoms with E-state index >= 15 is 0 Å². The quantitative estimate of drug-likeness (QED) is 0.487. The molecule has 0 heterocycles. The Bertz CT molecular complexity index is 729. The molecule has 6 nitrogen and oxygen atoms in total. The molecule has 3 N–H and O–H groups in total. The van der Waals surface area contributed by atoms with Gasteiger partial charge < -0.3 is 20.1 Å². The van der Waals surface area contributed by atoms with E-state index in [-0.39, 0.29) is 29.6 Å². The summed E-state index contributed by atoms with van der Waals surface area (Å²) in [5, 5.41) is 33.8.